The Hall–Kier alpha value is -1.16. The smallest absolute Gasteiger partial charge is 0.128 e. The van der Waals surface area contributed by atoms with Crippen molar-refractivity contribution in [3.63, 3.8) is 0 Å². The predicted molar refractivity (Wildman–Crippen MR) is 74.5 cm³/mol. The Balaban J connectivity index is 2.27. The number of rotatable bonds is 3. The van der Waals surface area contributed by atoms with Gasteiger partial charge in [0.25, 0.3) is 0 Å². The zero-order chi connectivity index (χ0) is 13.9. The zero-order valence-corrected chi connectivity index (χ0v) is 11.7. The monoisotopic (exact) mass is 268 g/mol. The fourth-order valence-electron chi connectivity index (χ4n) is 2.79. The van der Waals surface area contributed by atoms with Crippen molar-refractivity contribution in [2.45, 2.75) is 38.6 Å². The van der Waals surface area contributed by atoms with Crippen LogP contribution in [0.1, 0.15) is 33.1 Å². The maximum atomic E-state index is 13.4. The highest BCUT2D eigenvalue weighted by atomic mass is 19.1. The summed E-state index contributed by atoms with van der Waals surface area (Å²) >= 11 is 0. The molecule has 106 valence electrons. The quantitative estimate of drug-likeness (QED) is 0.904. The molecule has 1 aliphatic rings. The van der Waals surface area contributed by atoms with Crippen molar-refractivity contribution in [3.05, 3.63) is 29.8 Å². The molecule has 0 amide bonds. The molecule has 1 saturated heterocycles. The van der Waals surface area contributed by atoms with E-state index in [0.717, 1.165) is 45.0 Å². The van der Waals surface area contributed by atoms with Crippen molar-refractivity contribution in [1.29, 1.82) is 0 Å². The van der Waals surface area contributed by atoms with E-state index in [-0.39, 0.29) is 5.54 Å². The highest BCUT2D eigenvalue weighted by Gasteiger charge is 2.30. The average Bonchev–Trinajstić information content (AvgIpc) is 2.61. The van der Waals surface area contributed by atoms with Crippen LogP contribution in [0.3, 0.4) is 0 Å². The topological polar surface area (TPSA) is 15.3 Å². The van der Waals surface area contributed by atoms with Gasteiger partial charge in [-0.3, -0.25) is 0 Å². The highest BCUT2D eigenvalue weighted by molar-refractivity contribution is 5.47. The van der Waals surface area contributed by atoms with Crippen molar-refractivity contribution in [3.8, 4) is 0 Å². The summed E-state index contributed by atoms with van der Waals surface area (Å²) in [5.74, 6) is -1.02. The molecule has 1 aromatic rings. The first-order chi connectivity index (χ1) is 9.08. The number of nitrogens with zero attached hydrogens (tertiary/aromatic N) is 1. The van der Waals surface area contributed by atoms with Crippen LogP contribution in [0.25, 0.3) is 0 Å². The second-order valence-corrected chi connectivity index (χ2v) is 5.32. The van der Waals surface area contributed by atoms with Crippen LogP contribution < -0.4 is 10.2 Å². The van der Waals surface area contributed by atoms with Gasteiger partial charge in [-0.2, -0.15) is 0 Å². The van der Waals surface area contributed by atoms with Crippen LogP contribution in [0, 0.1) is 11.6 Å². The van der Waals surface area contributed by atoms with Gasteiger partial charge in [0.15, 0.2) is 0 Å². The third-order valence-electron chi connectivity index (χ3n) is 4.16. The summed E-state index contributed by atoms with van der Waals surface area (Å²) in [6, 6.07) is 3.77. The molecule has 0 atom stereocenters. The largest absolute Gasteiger partial charge is 0.369 e. The fraction of sp³-hybridized carbons (Fsp3) is 0.600. The van der Waals surface area contributed by atoms with Crippen molar-refractivity contribution in [1.82, 2.24) is 5.32 Å². The summed E-state index contributed by atoms with van der Waals surface area (Å²) in [7, 11) is 0. The fourth-order valence-corrected chi connectivity index (χ4v) is 2.79. The first-order valence-electron chi connectivity index (χ1n) is 7.04. The molecule has 4 heteroatoms. The molecular formula is C15H22F2N2. The Morgan fingerprint density at radius 3 is 2.37 bits per heavy atom. The molecule has 1 heterocycles. The standard InChI is InChI=1S/C15H22F2N2/c1-3-15(4-2)11-19(7-5-6-18-15)14-9-12(16)8-13(17)10-14/h8-10,18H,3-7,11H2,1-2H3. The molecule has 0 aromatic heterocycles. The van der Waals surface area contributed by atoms with Gasteiger partial charge in [0.05, 0.1) is 0 Å². The van der Waals surface area contributed by atoms with Crippen LogP contribution in [-0.4, -0.2) is 25.2 Å². The molecule has 0 bridgehead atoms. The van der Waals surface area contributed by atoms with E-state index in [1.165, 1.54) is 12.1 Å². The van der Waals surface area contributed by atoms with E-state index in [2.05, 4.69) is 24.1 Å². The summed E-state index contributed by atoms with van der Waals surface area (Å²) in [5, 5.41) is 3.59. The number of nitrogens with one attached hydrogen (secondary N) is 1. The Morgan fingerprint density at radius 2 is 1.79 bits per heavy atom. The van der Waals surface area contributed by atoms with Gasteiger partial charge >= 0.3 is 0 Å². The van der Waals surface area contributed by atoms with Gasteiger partial charge in [-0.25, -0.2) is 8.78 Å². The van der Waals surface area contributed by atoms with Gasteiger partial charge in [0, 0.05) is 30.4 Å². The van der Waals surface area contributed by atoms with E-state index in [9.17, 15) is 8.78 Å². The number of halogens is 2. The lowest BCUT2D eigenvalue weighted by Gasteiger charge is -2.36. The summed E-state index contributed by atoms with van der Waals surface area (Å²) < 4.78 is 26.7. The maximum Gasteiger partial charge on any atom is 0.128 e. The molecule has 0 spiro atoms. The minimum absolute atomic E-state index is 0.0410. The van der Waals surface area contributed by atoms with Gasteiger partial charge < -0.3 is 10.2 Å². The van der Waals surface area contributed by atoms with Crippen LogP contribution in [0.2, 0.25) is 0 Å². The molecular weight excluding hydrogens is 246 g/mol. The van der Waals surface area contributed by atoms with Crippen molar-refractivity contribution >= 4 is 5.69 Å². The number of benzene rings is 1. The maximum absolute atomic E-state index is 13.4. The van der Waals surface area contributed by atoms with Crippen molar-refractivity contribution in [2.24, 2.45) is 0 Å². The van der Waals surface area contributed by atoms with Gasteiger partial charge in [-0.1, -0.05) is 13.8 Å². The Kier molecular flexibility index (Phi) is 4.40. The molecule has 2 nitrogen and oxygen atoms in total. The third-order valence-corrected chi connectivity index (χ3v) is 4.16. The molecule has 0 aliphatic carbocycles. The van der Waals surface area contributed by atoms with Gasteiger partial charge in [-0.05, 0) is 37.9 Å². The van der Waals surface area contributed by atoms with Crippen LogP contribution in [0.4, 0.5) is 14.5 Å². The summed E-state index contributed by atoms with van der Waals surface area (Å²) in [6.45, 7) is 6.90. The van der Waals surface area contributed by atoms with E-state index < -0.39 is 11.6 Å². The first kappa shape index (κ1) is 14.3. The lowest BCUT2D eigenvalue weighted by atomic mass is 9.92. The van der Waals surface area contributed by atoms with Gasteiger partial charge in [0.1, 0.15) is 11.6 Å². The molecule has 1 N–H and O–H groups in total. The summed E-state index contributed by atoms with van der Waals surface area (Å²) in [5.41, 5.74) is 0.687. The molecule has 1 aliphatic heterocycles. The molecule has 1 fully saturated rings. The normalized spacial score (nSPS) is 19.3. The number of anilines is 1. The minimum Gasteiger partial charge on any atom is -0.369 e. The Bertz CT molecular complexity index is 410. The van der Waals surface area contributed by atoms with Crippen LogP contribution >= 0.6 is 0 Å². The molecule has 1 aromatic carbocycles. The van der Waals surface area contributed by atoms with E-state index in [4.69, 9.17) is 0 Å². The van der Waals surface area contributed by atoms with Gasteiger partial charge in [0.2, 0.25) is 0 Å². The summed E-state index contributed by atoms with van der Waals surface area (Å²) in [4.78, 5) is 2.10. The predicted octanol–water partition coefficient (Wildman–Crippen LogP) is 3.32. The second-order valence-electron chi connectivity index (χ2n) is 5.32. The summed E-state index contributed by atoms with van der Waals surface area (Å²) in [6.07, 6.45) is 3.01. The Morgan fingerprint density at radius 1 is 1.16 bits per heavy atom. The Labute approximate surface area is 113 Å². The highest BCUT2D eigenvalue weighted by Crippen LogP contribution is 2.25. The number of hydrogen-bond acceptors (Lipinski definition) is 2. The lowest BCUT2D eigenvalue weighted by Crippen LogP contribution is -2.50. The van der Waals surface area contributed by atoms with E-state index in [0.29, 0.717) is 5.69 Å². The average molecular weight is 268 g/mol. The van der Waals surface area contributed by atoms with Crippen molar-refractivity contribution in [2.75, 3.05) is 24.5 Å². The number of hydrogen-bond donors (Lipinski definition) is 1. The second kappa shape index (κ2) is 5.87. The molecule has 0 unspecified atom stereocenters. The molecule has 19 heavy (non-hydrogen) atoms. The zero-order valence-electron chi connectivity index (χ0n) is 11.7. The SMILES string of the molecule is CCC1(CC)CN(c2cc(F)cc(F)c2)CCCN1. The van der Waals surface area contributed by atoms with Gasteiger partial charge in [-0.15, -0.1) is 0 Å². The van der Waals surface area contributed by atoms with Crippen molar-refractivity contribution < 1.29 is 8.78 Å². The molecule has 0 radical (unpaired) electrons. The minimum atomic E-state index is -0.509. The first-order valence-corrected chi connectivity index (χ1v) is 7.04. The van der Waals surface area contributed by atoms with Crippen LogP contribution in [-0.2, 0) is 0 Å². The van der Waals surface area contributed by atoms with Crippen LogP contribution in [0.5, 0.6) is 0 Å². The third kappa shape index (κ3) is 3.24. The van der Waals surface area contributed by atoms with E-state index in [1.807, 2.05) is 0 Å². The van der Waals surface area contributed by atoms with E-state index >= 15 is 0 Å². The lowest BCUT2D eigenvalue weighted by molar-refractivity contribution is 0.321. The molecule has 0 saturated carbocycles. The van der Waals surface area contributed by atoms with E-state index in [1.54, 1.807) is 0 Å². The molecule has 2 rings (SSSR count). The van der Waals surface area contributed by atoms with Crippen LogP contribution in [0.15, 0.2) is 18.2 Å².